The Kier molecular flexibility index (Phi) is 4.22. The molecular formula is C10H8BrNO5. The van der Waals surface area contributed by atoms with Crippen molar-refractivity contribution in [2.24, 2.45) is 0 Å². The lowest BCUT2D eigenvalue weighted by Crippen LogP contribution is -1.94. The van der Waals surface area contributed by atoms with Crippen molar-refractivity contribution in [3.8, 4) is 5.75 Å². The summed E-state index contributed by atoms with van der Waals surface area (Å²) in [7, 11) is 1.39. The van der Waals surface area contributed by atoms with E-state index in [-0.39, 0.29) is 10.2 Å². The van der Waals surface area contributed by atoms with Crippen LogP contribution in [0, 0.1) is 10.1 Å². The van der Waals surface area contributed by atoms with Gasteiger partial charge in [-0.05, 0) is 22.0 Å². The smallest absolute Gasteiger partial charge is 0.328 e. The Labute approximate surface area is 105 Å². The van der Waals surface area contributed by atoms with E-state index in [4.69, 9.17) is 9.84 Å². The lowest BCUT2D eigenvalue weighted by atomic mass is 10.1. The summed E-state index contributed by atoms with van der Waals surface area (Å²) in [5, 5.41) is 19.2. The first kappa shape index (κ1) is 13.2. The van der Waals surface area contributed by atoms with E-state index in [0.717, 1.165) is 6.08 Å². The molecule has 0 spiro atoms. The highest BCUT2D eigenvalue weighted by Crippen LogP contribution is 2.33. The molecule has 0 aliphatic carbocycles. The van der Waals surface area contributed by atoms with Crippen molar-refractivity contribution < 1.29 is 19.6 Å². The first-order valence-electron chi connectivity index (χ1n) is 4.38. The first-order valence-corrected chi connectivity index (χ1v) is 5.18. The van der Waals surface area contributed by atoms with Crippen molar-refractivity contribution in [3.05, 3.63) is 38.4 Å². The summed E-state index contributed by atoms with van der Waals surface area (Å²) in [6, 6.07) is 2.65. The molecule has 1 aromatic rings. The third-order valence-corrected chi connectivity index (χ3v) is 2.54. The Balaban J connectivity index is 3.31. The number of hydrogen-bond acceptors (Lipinski definition) is 4. The lowest BCUT2D eigenvalue weighted by molar-refractivity contribution is -0.385. The molecule has 1 rings (SSSR count). The maximum absolute atomic E-state index is 10.7. The van der Waals surface area contributed by atoms with Gasteiger partial charge in [0, 0.05) is 23.8 Å². The maximum Gasteiger partial charge on any atom is 0.328 e. The standard InChI is InChI=1S/C10H8BrNO5/c1-17-9-5-7(11)8(12(15)16)4-6(9)2-3-10(13)14/h2-5H,1H3,(H,13,14)/b3-2+. The predicted molar refractivity (Wildman–Crippen MR) is 64.0 cm³/mol. The maximum atomic E-state index is 10.7. The molecule has 0 aliphatic heterocycles. The molecule has 17 heavy (non-hydrogen) atoms. The topological polar surface area (TPSA) is 89.7 Å². The van der Waals surface area contributed by atoms with Crippen molar-refractivity contribution in [1.29, 1.82) is 0 Å². The highest BCUT2D eigenvalue weighted by atomic mass is 79.9. The minimum atomic E-state index is -1.14. The molecule has 0 saturated carbocycles. The zero-order chi connectivity index (χ0) is 13.0. The lowest BCUT2D eigenvalue weighted by Gasteiger charge is -2.05. The summed E-state index contributed by atoms with van der Waals surface area (Å²) in [4.78, 5) is 20.5. The Bertz CT molecular complexity index is 498. The second-order valence-corrected chi connectivity index (χ2v) is 3.83. The average molecular weight is 302 g/mol. The monoisotopic (exact) mass is 301 g/mol. The minimum absolute atomic E-state index is 0.157. The van der Waals surface area contributed by atoms with E-state index in [0.29, 0.717) is 11.3 Å². The molecule has 7 heteroatoms. The molecular weight excluding hydrogens is 294 g/mol. The number of methoxy groups -OCH3 is 1. The third-order valence-electron chi connectivity index (χ3n) is 1.90. The molecule has 6 nitrogen and oxygen atoms in total. The van der Waals surface area contributed by atoms with Crippen LogP contribution in [0.15, 0.2) is 22.7 Å². The number of ether oxygens (including phenoxy) is 1. The molecule has 90 valence electrons. The summed E-state index contributed by atoms with van der Waals surface area (Å²) in [5.41, 5.74) is 0.167. The van der Waals surface area contributed by atoms with Gasteiger partial charge in [-0.1, -0.05) is 0 Å². The number of rotatable bonds is 4. The van der Waals surface area contributed by atoms with Crippen LogP contribution in [-0.4, -0.2) is 23.1 Å². The van der Waals surface area contributed by atoms with Crippen molar-refractivity contribution in [3.63, 3.8) is 0 Å². The first-order chi connectivity index (χ1) is 7.95. The Morgan fingerprint density at radius 1 is 1.59 bits per heavy atom. The van der Waals surface area contributed by atoms with Crippen LogP contribution < -0.4 is 4.74 Å². The number of nitro benzene ring substituents is 1. The average Bonchev–Trinajstić information content (AvgIpc) is 2.26. The predicted octanol–water partition coefficient (Wildman–Crippen LogP) is 2.46. The number of benzene rings is 1. The molecule has 0 unspecified atom stereocenters. The van der Waals surface area contributed by atoms with E-state index < -0.39 is 10.9 Å². The number of carboxylic acid groups (broad SMARTS) is 1. The number of halogens is 1. The van der Waals surface area contributed by atoms with Gasteiger partial charge in [0.1, 0.15) is 5.75 Å². The van der Waals surface area contributed by atoms with Gasteiger partial charge in [0.2, 0.25) is 0 Å². The van der Waals surface area contributed by atoms with Crippen LogP contribution in [0.1, 0.15) is 5.56 Å². The third kappa shape index (κ3) is 3.28. The van der Waals surface area contributed by atoms with Crippen molar-refractivity contribution in [2.45, 2.75) is 0 Å². The van der Waals surface area contributed by atoms with Crippen LogP contribution in [0.2, 0.25) is 0 Å². The molecule has 0 aromatic heterocycles. The Morgan fingerprint density at radius 2 is 2.24 bits per heavy atom. The summed E-state index contributed by atoms with van der Waals surface area (Å²) in [6.45, 7) is 0. The van der Waals surface area contributed by atoms with Gasteiger partial charge in [-0.25, -0.2) is 4.79 Å². The Hall–Kier alpha value is -1.89. The van der Waals surface area contributed by atoms with Crippen LogP contribution in [0.3, 0.4) is 0 Å². The molecule has 0 aliphatic rings. The second-order valence-electron chi connectivity index (χ2n) is 2.97. The summed E-state index contributed by atoms with van der Waals surface area (Å²) < 4.78 is 5.27. The normalized spacial score (nSPS) is 10.5. The fraction of sp³-hybridized carbons (Fsp3) is 0.100. The highest BCUT2D eigenvalue weighted by molar-refractivity contribution is 9.10. The molecule has 0 saturated heterocycles. The SMILES string of the molecule is COc1cc(Br)c([N+](=O)[O-])cc1/C=C/C(=O)O. The zero-order valence-corrected chi connectivity index (χ0v) is 10.3. The van der Waals surface area contributed by atoms with E-state index >= 15 is 0 Å². The van der Waals surface area contributed by atoms with Gasteiger partial charge in [-0.3, -0.25) is 10.1 Å². The van der Waals surface area contributed by atoms with Gasteiger partial charge in [-0.15, -0.1) is 0 Å². The van der Waals surface area contributed by atoms with E-state index in [1.807, 2.05) is 0 Å². The number of nitro groups is 1. The summed E-state index contributed by atoms with van der Waals surface area (Å²) in [5.74, 6) is -0.794. The van der Waals surface area contributed by atoms with Crippen molar-refractivity contribution in [1.82, 2.24) is 0 Å². The quantitative estimate of drug-likeness (QED) is 0.524. The van der Waals surface area contributed by atoms with Gasteiger partial charge in [0.15, 0.2) is 0 Å². The molecule has 0 amide bonds. The highest BCUT2D eigenvalue weighted by Gasteiger charge is 2.15. The molecule has 0 bridgehead atoms. The van der Waals surface area contributed by atoms with Crippen molar-refractivity contribution in [2.75, 3.05) is 7.11 Å². The molecule has 1 N–H and O–H groups in total. The summed E-state index contributed by atoms with van der Waals surface area (Å²) in [6.07, 6.45) is 2.12. The Morgan fingerprint density at radius 3 is 2.71 bits per heavy atom. The second kappa shape index (κ2) is 5.44. The van der Waals surface area contributed by atoms with Crippen LogP contribution in [-0.2, 0) is 4.79 Å². The number of nitrogens with zero attached hydrogens (tertiary/aromatic N) is 1. The van der Waals surface area contributed by atoms with Gasteiger partial charge >= 0.3 is 5.97 Å². The van der Waals surface area contributed by atoms with E-state index in [2.05, 4.69) is 15.9 Å². The van der Waals surface area contributed by atoms with E-state index in [9.17, 15) is 14.9 Å². The van der Waals surface area contributed by atoms with Gasteiger partial charge < -0.3 is 9.84 Å². The minimum Gasteiger partial charge on any atom is -0.496 e. The molecule has 0 heterocycles. The van der Waals surface area contributed by atoms with Gasteiger partial charge in [0.25, 0.3) is 5.69 Å². The van der Waals surface area contributed by atoms with Crippen LogP contribution in [0.4, 0.5) is 5.69 Å². The fourth-order valence-corrected chi connectivity index (χ4v) is 1.63. The molecule has 1 aromatic carbocycles. The van der Waals surface area contributed by atoms with Gasteiger partial charge in [-0.2, -0.15) is 0 Å². The van der Waals surface area contributed by atoms with Crippen LogP contribution >= 0.6 is 15.9 Å². The largest absolute Gasteiger partial charge is 0.496 e. The molecule has 0 fully saturated rings. The number of carboxylic acids is 1. The van der Waals surface area contributed by atoms with Gasteiger partial charge in [0.05, 0.1) is 16.5 Å². The van der Waals surface area contributed by atoms with E-state index in [1.165, 1.54) is 25.3 Å². The molecule has 0 radical (unpaired) electrons. The fourth-order valence-electron chi connectivity index (χ4n) is 1.17. The number of carbonyl (C=O) groups is 1. The number of hydrogen-bond donors (Lipinski definition) is 1. The van der Waals surface area contributed by atoms with Crippen LogP contribution in [0.5, 0.6) is 5.75 Å². The number of aliphatic carboxylic acids is 1. The van der Waals surface area contributed by atoms with Crippen LogP contribution in [0.25, 0.3) is 6.08 Å². The molecule has 0 atom stereocenters. The van der Waals surface area contributed by atoms with E-state index in [1.54, 1.807) is 0 Å². The van der Waals surface area contributed by atoms with Crippen molar-refractivity contribution >= 4 is 33.7 Å². The zero-order valence-electron chi connectivity index (χ0n) is 8.71. The summed E-state index contributed by atoms with van der Waals surface area (Å²) >= 11 is 3.04.